The average molecular weight is 597 g/mol. The Labute approximate surface area is 212 Å². The van der Waals surface area contributed by atoms with Crippen molar-refractivity contribution in [2.24, 2.45) is 0 Å². The number of allylic oxidation sites excluding steroid dienone is 8. The Kier molecular flexibility index (Phi) is 24.8. The Morgan fingerprint density at radius 3 is 1.25 bits per heavy atom. The first-order valence-corrected chi connectivity index (χ1v) is 18.5. The summed E-state index contributed by atoms with van der Waals surface area (Å²) in [4.78, 5) is 23.1. The van der Waals surface area contributed by atoms with E-state index < -0.39 is 34.0 Å². The van der Waals surface area contributed by atoms with E-state index in [0.717, 1.165) is 12.8 Å². The minimum absolute atomic E-state index is 0. The van der Waals surface area contributed by atoms with Crippen LogP contribution in [0.1, 0.15) is 12.8 Å². The summed E-state index contributed by atoms with van der Waals surface area (Å²) in [7, 11) is -3.44. The molecule has 0 aromatic rings. The molecule has 28 heavy (non-hydrogen) atoms. The molecule has 2 aliphatic rings. The van der Waals surface area contributed by atoms with Gasteiger partial charge in [0, 0.05) is 0 Å². The van der Waals surface area contributed by atoms with Crippen LogP contribution in [0.15, 0.2) is 36.5 Å². The molecule has 0 saturated carbocycles. The Hall–Kier alpha value is 0.433. The van der Waals surface area contributed by atoms with E-state index in [9.17, 15) is 9.59 Å². The van der Waals surface area contributed by atoms with Gasteiger partial charge < -0.3 is 0 Å². The van der Waals surface area contributed by atoms with Crippen molar-refractivity contribution in [3.63, 3.8) is 0 Å². The summed E-state index contributed by atoms with van der Waals surface area (Å²) in [6, 6.07) is 0. The third kappa shape index (κ3) is 21.1. The van der Waals surface area contributed by atoms with Gasteiger partial charge in [-0.2, -0.15) is 12.2 Å². The molecule has 2 N–H and O–H groups in total. The molecule has 0 bridgehead atoms. The van der Waals surface area contributed by atoms with Crippen LogP contribution in [-0.2, 0) is 26.2 Å². The molecule has 0 unspecified atom stereocenters. The first kappa shape index (κ1) is 35.8. The molecule has 0 spiro atoms. The normalized spacial score (nSPS) is 12.6. The number of hydrogen-bond acceptors (Lipinski definition) is 2. The van der Waals surface area contributed by atoms with Gasteiger partial charge in [-0.05, 0) is 0 Å². The van der Waals surface area contributed by atoms with Crippen molar-refractivity contribution in [2.45, 2.75) is 52.1 Å². The maximum atomic E-state index is 11.6. The molecular weight excluding hydrogens is 564 g/mol. The third-order valence-corrected chi connectivity index (χ3v) is 9.68. The zero-order valence-corrected chi connectivity index (χ0v) is 26.8. The number of carbonyl (C=O) groups is 2. The van der Waals surface area contributed by atoms with Crippen LogP contribution < -0.4 is 8.05 Å². The average Bonchev–Trinajstić information content (AvgIpc) is 3.23. The number of amides is 2. The summed E-state index contributed by atoms with van der Waals surface area (Å²) in [5.74, 6) is 0. The quantitative estimate of drug-likeness (QED) is 0.356. The molecule has 2 aliphatic carbocycles. The van der Waals surface area contributed by atoms with Gasteiger partial charge in [-0.3, -0.25) is 12.2 Å². The first-order chi connectivity index (χ1) is 11.5. The number of nitrogens with one attached hydrogen (secondary N) is 2. The van der Waals surface area contributed by atoms with Gasteiger partial charge in [-0.25, -0.2) is 24.3 Å². The number of carbonyl (C=O) groups excluding carboxylic acids is 2. The Bertz CT molecular complexity index is 491. The van der Waals surface area contributed by atoms with Crippen molar-refractivity contribution in [3.8, 4) is 0 Å². The van der Waals surface area contributed by atoms with Gasteiger partial charge in [0.25, 0.3) is 0 Å². The fourth-order valence-corrected chi connectivity index (χ4v) is 10.9. The van der Waals surface area contributed by atoms with E-state index in [1.165, 1.54) is 0 Å². The second kappa shape index (κ2) is 19.4. The SMILES string of the molecule is C[Si](C)(C)C(=O)[NH][GaH][NH]C(=O)[Si](C)(C)C.Cl.Cl.[C-]1=CC=CC1.[C-]1=CC=CC1.[Zr+2]. The van der Waals surface area contributed by atoms with E-state index >= 15 is 0 Å². The molecule has 0 aromatic carbocycles. The Morgan fingerprint density at radius 2 is 1.11 bits per heavy atom. The topological polar surface area (TPSA) is 58.2 Å². The molecule has 156 valence electrons. The van der Waals surface area contributed by atoms with Gasteiger partial charge in [-0.1, -0.05) is 0 Å². The van der Waals surface area contributed by atoms with Crippen LogP contribution in [0.25, 0.3) is 0 Å². The van der Waals surface area contributed by atoms with Crippen molar-refractivity contribution in [2.75, 3.05) is 0 Å². The van der Waals surface area contributed by atoms with Crippen LogP contribution >= 0.6 is 24.8 Å². The predicted molar refractivity (Wildman–Crippen MR) is 129 cm³/mol. The van der Waals surface area contributed by atoms with E-state index in [1.54, 1.807) is 0 Å². The van der Waals surface area contributed by atoms with E-state index in [-0.39, 0.29) is 62.1 Å². The van der Waals surface area contributed by atoms with Gasteiger partial charge in [0.2, 0.25) is 0 Å². The standard InChI is InChI=1S/2C5H5.2C4H11NOSi.2ClH.Ga.Zr.H/c2*1-2-4-5-3-1;2*1-7(2,3)4(5)6;;;;;/h2*1-3H,4H2;2*1-3H3,(H2,5,6);2*1H;;;/q2*-1;;;;;2*+2;/p-2. The van der Waals surface area contributed by atoms with Crippen molar-refractivity contribution < 1.29 is 35.8 Å². The van der Waals surface area contributed by atoms with Crippen LogP contribution in [0.3, 0.4) is 0 Å². The second-order valence-corrected chi connectivity index (χ2v) is 19.8. The molecule has 4 nitrogen and oxygen atoms in total. The summed E-state index contributed by atoms with van der Waals surface area (Å²) in [6.45, 7) is 12.0. The van der Waals surface area contributed by atoms with Crippen molar-refractivity contribution in [1.82, 2.24) is 8.05 Å². The molecule has 2 rings (SSSR count). The molecule has 0 saturated heterocycles. The smallest absolute Gasteiger partial charge is 0.273 e. The number of hydrogen-bond donors (Lipinski definition) is 2. The van der Waals surface area contributed by atoms with Gasteiger partial charge >= 0.3 is 128 Å². The summed E-state index contributed by atoms with van der Waals surface area (Å²) < 4.78 is 5.85. The van der Waals surface area contributed by atoms with Gasteiger partial charge in [0.1, 0.15) is 0 Å². The molecule has 0 radical (unpaired) electrons. The molecule has 0 heterocycles. The maximum absolute atomic E-state index is 11.6. The van der Waals surface area contributed by atoms with Gasteiger partial charge in [0.15, 0.2) is 0 Å². The zero-order valence-electron chi connectivity index (χ0n) is 17.7. The van der Waals surface area contributed by atoms with Crippen molar-refractivity contribution in [1.29, 1.82) is 0 Å². The number of rotatable bonds is 4. The maximum Gasteiger partial charge on any atom is 2.00 e. The second-order valence-electron chi connectivity index (χ2n) is 7.69. The number of halogens is 2. The zero-order chi connectivity index (χ0) is 19.3. The predicted octanol–water partition coefficient (Wildman–Crippen LogP) is 4.96. The molecule has 0 fully saturated rings. The van der Waals surface area contributed by atoms with E-state index in [4.69, 9.17) is 0 Å². The molecule has 0 aromatic heterocycles. The fraction of sp³-hybridized carbons (Fsp3) is 0.444. The van der Waals surface area contributed by atoms with Crippen LogP contribution in [-0.4, -0.2) is 45.1 Å². The van der Waals surface area contributed by atoms with Crippen molar-refractivity contribution >= 4 is 69.9 Å². The largest absolute Gasteiger partial charge is 2.00 e. The molecule has 10 heteroatoms. The molecule has 0 atom stereocenters. The van der Waals surface area contributed by atoms with E-state index in [2.05, 4.69) is 32.4 Å². The van der Waals surface area contributed by atoms with Crippen LogP contribution in [0, 0.1) is 12.2 Å². The van der Waals surface area contributed by atoms with Gasteiger partial charge in [0.05, 0.1) is 0 Å². The monoisotopic (exact) mass is 594 g/mol. The van der Waals surface area contributed by atoms with Crippen LogP contribution in [0.5, 0.6) is 0 Å². The summed E-state index contributed by atoms with van der Waals surface area (Å²) in [5.41, 5.74) is 0.330. The summed E-state index contributed by atoms with van der Waals surface area (Å²) in [6.07, 6.45) is 20.0. The Balaban J connectivity index is -0.000000181. The minimum Gasteiger partial charge on any atom is -0.273 e. The first-order valence-electron chi connectivity index (χ1n) is 8.55. The molecule has 0 aliphatic heterocycles. The molecular formula is C18H33Cl2GaN2O2Si2Zr. The third-order valence-electron chi connectivity index (χ3n) is 3.03. The summed E-state index contributed by atoms with van der Waals surface area (Å²) in [5, 5.41) is 0. The van der Waals surface area contributed by atoms with E-state index in [0.29, 0.717) is 0 Å². The summed E-state index contributed by atoms with van der Waals surface area (Å²) >= 11 is -1.40. The fourth-order valence-electron chi connectivity index (χ4n) is 1.42. The van der Waals surface area contributed by atoms with Crippen LogP contribution in [0.2, 0.25) is 39.3 Å². The van der Waals surface area contributed by atoms with Crippen LogP contribution in [0.4, 0.5) is 9.59 Å². The van der Waals surface area contributed by atoms with E-state index in [1.807, 2.05) is 63.6 Å². The Morgan fingerprint density at radius 1 is 0.786 bits per heavy atom. The van der Waals surface area contributed by atoms with Crippen molar-refractivity contribution in [3.05, 3.63) is 48.6 Å². The molecule has 2 amide bonds. The van der Waals surface area contributed by atoms with Gasteiger partial charge in [-0.15, -0.1) is 37.7 Å². The minimum atomic E-state index is -1.72.